The van der Waals surface area contributed by atoms with Crippen molar-refractivity contribution in [2.75, 3.05) is 31.0 Å². The molecule has 0 spiro atoms. The summed E-state index contributed by atoms with van der Waals surface area (Å²) in [6.45, 7) is 0.792. The fraction of sp³-hybridized carbons (Fsp3) is 0.364. The quantitative estimate of drug-likeness (QED) is 0.717. The van der Waals surface area contributed by atoms with Crippen molar-refractivity contribution in [3.8, 4) is 0 Å². The molecule has 0 saturated carbocycles. The lowest BCUT2D eigenvalue weighted by Crippen LogP contribution is -2.28. The van der Waals surface area contributed by atoms with Crippen molar-refractivity contribution in [1.29, 1.82) is 0 Å². The molecule has 0 aliphatic carbocycles. The summed E-state index contributed by atoms with van der Waals surface area (Å²) in [5.41, 5.74) is 3.15. The number of nitrogens with zero attached hydrogens (tertiary/aromatic N) is 1. The molecule has 0 unspecified atom stereocenters. The second kappa shape index (κ2) is 3.90. The first-order valence-electron chi connectivity index (χ1n) is 4.99. The Labute approximate surface area is 89.3 Å². The molecule has 0 radical (unpaired) electrons. The third kappa shape index (κ3) is 1.94. The number of nitrogens with one attached hydrogen (secondary N) is 2. The average Bonchev–Trinajstić information content (AvgIpc) is 2.57. The number of hydrogen-bond donors (Lipinski definition) is 2. The van der Waals surface area contributed by atoms with Crippen molar-refractivity contribution in [3.05, 3.63) is 23.8 Å². The lowest BCUT2D eigenvalue weighted by Gasteiger charge is -2.19. The molecule has 0 bridgehead atoms. The van der Waals surface area contributed by atoms with Gasteiger partial charge < -0.3 is 15.5 Å². The molecule has 1 amide bonds. The van der Waals surface area contributed by atoms with Crippen LogP contribution in [0.1, 0.15) is 5.56 Å². The Morgan fingerprint density at radius 2 is 2.33 bits per heavy atom. The Kier molecular flexibility index (Phi) is 2.60. The first kappa shape index (κ1) is 9.98. The van der Waals surface area contributed by atoms with E-state index in [0.29, 0.717) is 6.42 Å². The molecule has 2 N–H and O–H groups in total. The van der Waals surface area contributed by atoms with Crippen molar-refractivity contribution in [2.45, 2.75) is 6.42 Å². The van der Waals surface area contributed by atoms with Crippen molar-refractivity contribution in [2.24, 2.45) is 0 Å². The minimum atomic E-state index is 0.0819. The molecule has 80 valence electrons. The van der Waals surface area contributed by atoms with Gasteiger partial charge in [0, 0.05) is 18.4 Å². The predicted octanol–water partition coefficient (Wildman–Crippen LogP) is 0.794. The molecule has 15 heavy (non-hydrogen) atoms. The molecule has 4 nitrogen and oxygen atoms in total. The summed E-state index contributed by atoms with van der Waals surface area (Å²) >= 11 is 0. The van der Waals surface area contributed by atoms with E-state index in [-0.39, 0.29) is 5.91 Å². The van der Waals surface area contributed by atoms with Crippen LogP contribution in [0.5, 0.6) is 0 Å². The van der Waals surface area contributed by atoms with Gasteiger partial charge in [-0.3, -0.25) is 4.79 Å². The highest BCUT2D eigenvalue weighted by Gasteiger charge is 2.17. The molecule has 0 atom stereocenters. The van der Waals surface area contributed by atoms with E-state index in [0.717, 1.165) is 23.6 Å². The number of anilines is 2. The Bertz CT molecular complexity index is 389. The second-order valence-corrected chi connectivity index (χ2v) is 3.78. The molecule has 1 aromatic carbocycles. The molecule has 0 saturated heterocycles. The topological polar surface area (TPSA) is 44.4 Å². The van der Waals surface area contributed by atoms with Crippen molar-refractivity contribution >= 4 is 17.3 Å². The number of carbonyl (C=O) groups excluding carboxylic acids is 1. The zero-order valence-corrected chi connectivity index (χ0v) is 9.00. The highest BCUT2D eigenvalue weighted by molar-refractivity contribution is 5.99. The van der Waals surface area contributed by atoms with Gasteiger partial charge in [0.25, 0.3) is 0 Å². The van der Waals surface area contributed by atoms with E-state index in [1.54, 1.807) is 0 Å². The minimum Gasteiger partial charge on any atom is -0.362 e. The summed E-state index contributed by atoms with van der Waals surface area (Å²) in [4.78, 5) is 13.3. The predicted molar refractivity (Wildman–Crippen MR) is 61.1 cm³/mol. The van der Waals surface area contributed by atoms with Crippen LogP contribution in [0.25, 0.3) is 0 Å². The number of fused-ring (bicyclic) bond motifs is 1. The summed E-state index contributed by atoms with van der Waals surface area (Å²) in [7, 11) is 3.93. The molecular weight excluding hydrogens is 190 g/mol. The number of carbonyl (C=O) groups is 1. The number of hydrogen-bond acceptors (Lipinski definition) is 3. The van der Waals surface area contributed by atoms with Crippen LogP contribution in [-0.2, 0) is 11.2 Å². The fourth-order valence-electron chi connectivity index (χ4n) is 1.78. The lowest BCUT2D eigenvalue weighted by molar-refractivity contribution is -0.115. The number of benzene rings is 1. The summed E-state index contributed by atoms with van der Waals surface area (Å²) in [5.74, 6) is 0.0819. The largest absolute Gasteiger partial charge is 0.362 e. The fourth-order valence-corrected chi connectivity index (χ4v) is 1.78. The molecule has 1 aliphatic heterocycles. The maximum absolute atomic E-state index is 11.2. The molecule has 0 fully saturated rings. The SMILES string of the molecule is CNCN(C)c1ccc2c(c1)CC(=O)N2. The average molecular weight is 205 g/mol. The normalized spacial score (nSPS) is 13.6. The number of amides is 1. The van der Waals surface area contributed by atoms with Gasteiger partial charge in [-0.15, -0.1) is 0 Å². The highest BCUT2D eigenvalue weighted by atomic mass is 16.1. The third-order valence-corrected chi connectivity index (χ3v) is 2.55. The van der Waals surface area contributed by atoms with Gasteiger partial charge in [0.1, 0.15) is 0 Å². The van der Waals surface area contributed by atoms with Crippen LogP contribution in [0.3, 0.4) is 0 Å². The van der Waals surface area contributed by atoms with E-state index in [1.165, 1.54) is 0 Å². The van der Waals surface area contributed by atoms with E-state index >= 15 is 0 Å². The minimum absolute atomic E-state index is 0.0819. The second-order valence-electron chi connectivity index (χ2n) is 3.78. The van der Waals surface area contributed by atoms with Crippen LogP contribution in [-0.4, -0.2) is 26.7 Å². The first-order valence-corrected chi connectivity index (χ1v) is 4.99. The van der Waals surface area contributed by atoms with Gasteiger partial charge in [-0.1, -0.05) is 0 Å². The maximum Gasteiger partial charge on any atom is 0.228 e. The van der Waals surface area contributed by atoms with Crippen LogP contribution in [0.2, 0.25) is 0 Å². The summed E-state index contributed by atoms with van der Waals surface area (Å²) in [6.07, 6.45) is 0.497. The van der Waals surface area contributed by atoms with Gasteiger partial charge in [0.15, 0.2) is 0 Å². The Hall–Kier alpha value is -1.55. The van der Waals surface area contributed by atoms with E-state index in [9.17, 15) is 4.79 Å². The van der Waals surface area contributed by atoms with Gasteiger partial charge in [-0.2, -0.15) is 0 Å². The maximum atomic E-state index is 11.2. The Morgan fingerprint density at radius 3 is 3.07 bits per heavy atom. The van der Waals surface area contributed by atoms with Crippen molar-refractivity contribution < 1.29 is 4.79 Å². The highest BCUT2D eigenvalue weighted by Crippen LogP contribution is 2.27. The lowest BCUT2D eigenvalue weighted by atomic mass is 10.1. The zero-order chi connectivity index (χ0) is 10.8. The van der Waals surface area contributed by atoms with Gasteiger partial charge in [0.2, 0.25) is 5.91 Å². The molecule has 0 aromatic heterocycles. The van der Waals surface area contributed by atoms with E-state index in [4.69, 9.17) is 0 Å². The summed E-state index contributed by atoms with van der Waals surface area (Å²) in [5, 5.41) is 5.91. The zero-order valence-electron chi connectivity index (χ0n) is 9.00. The van der Waals surface area contributed by atoms with Crippen LogP contribution in [0.4, 0.5) is 11.4 Å². The molecular formula is C11H15N3O. The van der Waals surface area contributed by atoms with Gasteiger partial charge in [0.05, 0.1) is 13.1 Å². The van der Waals surface area contributed by atoms with Crippen LogP contribution in [0.15, 0.2) is 18.2 Å². The van der Waals surface area contributed by atoms with Crippen molar-refractivity contribution in [1.82, 2.24) is 5.32 Å². The molecule has 1 heterocycles. The van der Waals surface area contributed by atoms with Crippen LogP contribution in [0, 0.1) is 0 Å². The number of rotatable bonds is 3. The van der Waals surface area contributed by atoms with E-state index in [1.807, 2.05) is 26.2 Å². The molecule has 2 rings (SSSR count). The Balaban J connectivity index is 2.23. The monoisotopic (exact) mass is 205 g/mol. The molecule has 1 aromatic rings. The summed E-state index contributed by atoms with van der Waals surface area (Å²) < 4.78 is 0. The van der Waals surface area contributed by atoms with Crippen LogP contribution < -0.4 is 15.5 Å². The molecule has 1 aliphatic rings. The van der Waals surface area contributed by atoms with Crippen molar-refractivity contribution in [3.63, 3.8) is 0 Å². The van der Waals surface area contributed by atoms with Gasteiger partial charge >= 0.3 is 0 Å². The molecule has 4 heteroatoms. The smallest absolute Gasteiger partial charge is 0.228 e. The van der Waals surface area contributed by atoms with Crippen LogP contribution >= 0.6 is 0 Å². The first-order chi connectivity index (χ1) is 7.20. The third-order valence-electron chi connectivity index (χ3n) is 2.55. The van der Waals surface area contributed by atoms with Gasteiger partial charge in [-0.05, 0) is 30.8 Å². The summed E-state index contributed by atoms with van der Waals surface area (Å²) in [6, 6.07) is 6.04. The van der Waals surface area contributed by atoms with Gasteiger partial charge in [-0.25, -0.2) is 0 Å². The Morgan fingerprint density at radius 1 is 1.53 bits per heavy atom. The van der Waals surface area contributed by atoms with E-state index < -0.39 is 0 Å². The van der Waals surface area contributed by atoms with E-state index in [2.05, 4.69) is 21.6 Å². The standard InChI is InChI=1S/C11H15N3O/c1-12-7-14(2)9-3-4-10-8(5-9)6-11(15)13-10/h3-5,12H,6-7H2,1-2H3,(H,13,15).